The number of hydrogen-bond acceptors (Lipinski definition) is 4. The third kappa shape index (κ3) is 2.23. The van der Waals surface area contributed by atoms with Crippen molar-refractivity contribution in [3.63, 3.8) is 0 Å². The van der Waals surface area contributed by atoms with Gasteiger partial charge in [0.1, 0.15) is 11.5 Å². The van der Waals surface area contributed by atoms with Crippen molar-refractivity contribution in [2.45, 2.75) is 13.0 Å². The fourth-order valence-corrected chi connectivity index (χ4v) is 1.75. The van der Waals surface area contributed by atoms with E-state index in [1.807, 2.05) is 25.1 Å². The van der Waals surface area contributed by atoms with Crippen molar-refractivity contribution >= 4 is 5.97 Å². The van der Waals surface area contributed by atoms with Crippen molar-refractivity contribution in [2.75, 3.05) is 7.05 Å². The van der Waals surface area contributed by atoms with E-state index in [4.69, 9.17) is 5.11 Å². The van der Waals surface area contributed by atoms with Gasteiger partial charge in [-0.15, -0.1) is 0 Å². The van der Waals surface area contributed by atoms with E-state index in [-0.39, 0.29) is 0 Å². The van der Waals surface area contributed by atoms with Crippen LogP contribution in [-0.2, 0) is 4.79 Å². The highest BCUT2D eigenvalue weighted by Crippen LogP contribution is 2.21. The maximum atomic E-state index is 11.0. The van der Waals surface area contributed by atoms with Gasteiger partial charge in [-0.3, -0.25) is 9.78 Å². The number of aliphatic carboxylic acids is 1. The topological polar surface area (TPSA) is 90.9 Å². The molecule has 0 aliphatic heterocycles. The molecule has 94 valence electrons. The van der Waals surface area contributed by atoms with E-state index in [1.165, 1.54) is 0 Å². The smallest absolute Gasteiger partial charge is 0.328 e. The van der Waals surface area contributed by atoms with Crippen molar-refractivity contribution in [1.29, 1.82) is 0 Å². The number of nitrogens with zero attached hydrogens (tertiary/aromatic N) is 2. The van der Waals surface area contributed by atoms with Gasteiger partial charge in [0.15, 0.2) is 6.04 Å². The number of imidazole rings is 1. The molecule has 0 radical (unpaired) electrons. The number of aryl methyl sites for hydroxylation is 1. The van der Waals surface area contributed by atoms with Crippen LogP contribution in [0.2, 0.25) is 0 Å². The summed E-state index contributed by atoms with van der Waals surface area (Å²) < 4.78 is 0. The Morgan fingerprint density at radius 2 is 2.28 bits per heavy atom. The Kier molecular flexibility index (Phi) is 3.38. The van der Waals surface area contributed by atoms with Crippen LogP contribution in [0.4, 0.5) is 0 Å². The summed E-state index contributed by atoms with van der Waals surface area (Å²) in [6.07, 6.45) is 1.68. The van der Waals surface area contributed by atoms with Gasteiger partial charge in [-0.2, -0.15) is 0 Å². The largest absolute Gasteiger partial charge is 0.480 e. The molecule has 0 saturated heterocycles. The fourth-order valence-electron chi connectivity index (χ4n) is 1.75. The minimum absolute atomic E-state index is 0.378. The number of carboxylic acid groups (broad SMARTS) is 1. The minimum atomic E-state index is -0.973. The van der Waals surface area contributed by atoms with Gasteiger partial charge in [-0.1, -0.05) is 6.07 Å². The van der Waals surface area contributed by atoms with Gasteiger partial charge < -0.3 is 15.4 Å². The molecule has 0 spiro atoms. The zero-order valence-electron chi connectivity index (χ0n) is 10.1. The average Bonchev–Trinajstić information content (AvgIpc) is 2.73. The molecule has 6 heteroatoms. The predicted octanol–water partition coefficient (Wildman–Crippen LogP) is 1.13. The first-order valence-corrected chi connectivity index (χ1v) is 5.51. The maximum absolute atomic E-state index is 11.0. The molecule has 0 aliphatic carbocycles. The highest BCUT2D eigenvalue weighted by Gasteiger charge is 2.22. The van der Waals surface area contributed by atoms with E-state index in [9.17, 15) is 4.79 Å². The summed E-state index contributed by atoms with van der Waals surface area (Å²) in [4.78, 5) is 22.5. The summed E-state index contributed by atoms with van der Waals surface area (Å²) in [6, 6.07) is 4.67. The van der Waals surface area contributed by atoms with Crippen LogP contribution in [0.15, 0.2) is 24.4 Å². The Morgan fingerprint density at radius 1 is 1.50 bits per heavy atom. The average molecular weight is 246 g/mol. The van der Waals surface area contributed by atoms with Gasteiger partial charge in [0.25, 0.3) is 0 Å². The van der Waals surface area contributed by atoms with Crippen LogP contribution < -0.4 is 5.32 Å². The first-order chi connectivity index (χ1) is 8.63. The Balaban J connectivity index is 2.41. The molecule has 2 rings (SSSR count). The molecule has 1 atom stereocenters. The molecule has 2 aromatic heterocycles. The summed E-state index contributed by atoms with van der Waals surface area (Å²) in [5.74, 6) is -0.595. The van der Waals surface area contributed by atoms with Gasteiger partial charge in [0.2, 0.25) is 0 Å². The molecule has 0 saturated carbocycles. The van der Waals surface area contributed by atoms with E-state index in [0.29, 0.717) is 11.5 Å². The van der Waals surface area contributed by atoms with E-state index >= 15 is 0 Å². The highest BCUT2D eigenvalue weighted by atomic mass is 16.4. The first-order valence-electron chi connectivity index (χ1n) is 5.51. The summed E-state index contributed by atoms with van der Waals surface area (Å²) in [5.41, 5.74) is 2.19. The monoisotopic (exact) mass is 246 g/mol. The van der Waals surface area contributed by atoms with Gasteiger partial charge in [-0.05, 0) is 26.1 Å². The number of aromatic amines is 1. The Hall–Kier alpha value is -2.21. The fraction of sp³-hybridized carbons (Fsp3) is 0.250. The number of carbonyl (C=O) groups is 1. The molecule has 1 unspecified atom stereocenters. The Bertz CT molecular complexity index is 550. The number of likely N-dealkylation sites (N-methyl/N-ethyl adjacent to an activating group) is 1. The number of rotatable bonds is 4. The zero-order chi connectivity index (χ0) is 13.1. The third-order valence-corrected chi connectivity index (χ3v) is 2.62. The lowest BCUT2D eigenvalue weighted by Crippen LogP contribution is -2.26. The number of pyridine rings is 1. The van der Waals surface area contributed by atoms with Crippen LogP contribution in [0.3, 0.4) is 0 Å². The molecular weight excluding hydrogens is 232 g/mol. The zero-order valence-corrected chi connectivity index (χ0v) is 10.1. The number of H-pyrrole nitrogens is 1. The van der Waals surface area contributed by atoms with E-state index in [2.05, 4.69) is 20.3 Å². The molecule has 2 aromatic rings. The predicted molar refractivity (Wildman–Crippen MR) is 66.0 cm³/mol. The molecule has 0 fully saturated rings. The van der Waals surface area contributed by atoms with Gasteiger partial charge >= 0.3 is 5.97 Å². The third-order valence-electron chi connectivity index (χ3n) is 2.62. The van der Waals surface area contributed by atoms with E-state index < -0.39 is 12.0 Å². The quantitative estimate of drug-likeness (QED) is 0.752. The molecule has 0 aliphatic rings. The van der Waals surface area contributed by atoms with Crippen molar-refractivity contribution in [3.8, 4) is 11.4 Å². The van der Waals surface area contributed by atoms with E-state index in [0.717, 1.165) is 11.4 Å². The molecule has 18 heavy (non-hydrogen) atoms. The van der Waals surface area contributed by atoms with Crippen molar-refractivity contribution in [1.82, 2.24) is 20.3 Å². The number of hydrogen-bond donors (Lipinski definition) is 3. The van der Waals surface area contributed by atoms with Crippen LogP contribution in [-0.4, -0.2) is 33.1 Å². The molecule has 0 bridgehead atoms. The van der Waals surface area contributed by atoms with Crippen LogP contribution >= 0.6 is 0 Å². The van der Waals surface area contributed by atoms with Crippen molar-refractivity contribution in [3.05, 3.63) is 35.9 Å². The second kappa shape index (κ2) is 4.97. The molecule has 6 nitrogen and oxygen atoms in total. The molecule has 0 amide bonds. The number of nitrogens with one attached hydrogen (secondary N) is 2. The second-order valence-corrected chi connectivity index (χ2v) is 3.87. The normalized spacial score (nSPS) is 12.3. The lowest BCUT2D eigenvalue weighted by atomic mass is 10.2. The molecular formula is C12H14N4O2. The summed E-state index contributed by atoms with van der Waals surface area (Å²) in [5, 5.41) is 11.8. The highest BCUT2D eigenvalue weighted by molar-refractivity contribution is 5.74. The van der Waals surface area contributed by atoms with Gasteiger partial charge in [0, 0.05) is 11.9 Å². The number of carboxylic acids is 1. The second-order valence-electron chi connectivity index (χ2n) is 3.87. The minimum Gasteiger partial charge on any atom is -0.480 e. The van der Waals surface area contributed by atoms with Crippen LogP contribution in [0.1, 0.15) is 17.6 Å². The van der Waals surface area contributed by atoms with Crippen molar-refractivity contribution < 1.29 is 9.90 Å². The Labute approximate surface area is 104 Å². The van der Waals surface area contributed by atoms with Crippen LogP contribution in [0, 0.1) is 6.92 Å². The Morgan fingerprint density at radius 3 is 2.83 bits per heavy atom. The summed E-state index contributed by atoms with van der Waals surface area (Å²) in [6.45, 7) is 1.84. The van der Waals surface area contributed by atoms with Crippen LogP contribution in [0.25, 0.3) is 11.4 Å². The SMILES string of the molecule is CNC(C(=O)O)c1nc(-c2ccccn2)c(C)[nH]1. The van der Waals surface area contributed by atoms with Crippen LogP contribution in [0.5, 0.6) is 0 Å². The van der Waals surface area contributed by atoms with Crippen molar-refractivity contribution in [2.24, 2.45) is 0 Å². The lowest BCUT2D eigenvalue weighted by molar-refractivity contribution is -0.139. The number of aromatic nitrogens is 3. The molecule has 3 N–H and O–H groups in total. The maximum Gasteiger partial charge on any atom is 0.328 e. The van der Waals surface area contributed by atoms with E-state index in [1.54, 1.807) is 13.2 Å². The molecule has 2 heterocycles. The summed E-state index contributed by atoms with van der Waals surface area (Å²) >= 11 is 0. The lowest BCUT2D eigenvalue weighted by Gasteiger charge is -2.06. The summed E-state index contributed by atoms with van der Waals surface area (Å²) in [7, 11) is 1.58. The molecule has 0 aromatic carbocycles. The van der Waals surface area contributed by atoms with Gasteiger partial charge in [0.05, 0.1) is 5.69 Å². The standard InChI is InChI=1S/C12H14N4O2/c1-7-9(8-5-3-4-6-14-8)16-11(15-7)10(13-2)12(17)18/h3-6,10,13H,1-2H3,(H,15,16)(H,17,18). The first kappa shape index (κ1) is 12.3. The van der Waals surface area contributed by atoms with Gasteiger partial charge in [-0.25, -0.2) is 4.98 Å².